The summed E-state index contributed by atoms with van der Waals surface area (Å²) in [4.78, 5) is 7.54. The Balaban J connectivity index is 1.92. The van der Waals surface area contributed by atoms with Gasteiger partial charge in [-0.25, -0.2) is 9.97 Å². The molecular weight excluding hydrogens is 264 g/mol. The van der Waals surface area contributed by atoms with Crippen LogP contribution in [0.5, 0.6) is 6.01 Å². The Hall–Kier alpha value is -2.20. The lowest BCUT2D eigenvalue weighted by molar-refractivity contribution is 0.182. The van der Waals surface area contributed by atoms with E-state index < -0.39 is 0 Å². The molecule has 2 rings (SSSR count). The fraction of sp³-hybridized carbons (Fsp3) is 0.294. The standard InChI is InChI=1S/C17H20N2O2/c1-13(20)5-3-2-4-6-14-7-9-15(10-8-14)16-11-18-17(21)19-12-16/h4,6-13,20H,2-3,5H2,1H3,(H,18,19,21). The molecule has 0 saturated carbocycles. The second-order valence-electron chi connectivity index (χ2n) is 5.08. The van der Waals surface area contributed by atoms with Crippen LogP contribution in [-0.4, -0.2) is 26.3 Å². The van der Waals surface area contributed by atoms with Crippen molar-refractivity contribution in [3.05, 3.63) is 48.3 Å². The highest BCUT2D eigenvalue weighted by Crippen LogP contribution is 2.19. The normalized spacial score (nSPS) is 12.7. The van der Waals surface area contributed by atoms with Gasteiger partial charge in [-0.05, 0) is 37.3 Å². The van der Waals surface area contributed by atoms with Crippen LogP contribution in [0.4, 0.5) is 0 Å². The molecule has 0 aliphatic carbocycles. The molecule has 0 radical (unpaired) electrons. The number of aromatic nitrogens is 2. The van der Waals surface area contributed by atoms with E-state index in [4.69, 9.17) is 5.11 Å². The molecule has 1 atom stereocenters. The van der Waals surface area contributed by atoms with E-state index in [-0.39, 0.29) is 12.1 Å². The molecule has 21 heavy (non-hydrogen) atoms. The summed E-state index contributed by atoms with van der Waals surface area (Å²) >= 11 is 0. The molecule has 1 aromatic carbocycles. The molecule has 0 spiro atoms. The van der Waals surface area contributed by atoms with Crippen LogP contribution in [0.1, 0.15) is 31.7 Å². The highest BCUT2D eigenvalue weighted by atomic mass is 16.3. The van der Waals surface area contributed by atoms with Gasteiger partial charge in [0.25, 0.3) is 0 Å². The number of aliphatic hydroxyl groups excluding tert-OH is 1. The fourth-order valence-corrected chi connectivity index (χ4v) is 2.01. The number of hydrogen-bond acceptors (Lipinski definition) is 4. The number of aromatic hydroxyl groups is 1. The van der Waals surface area contributed by atoms with E-state index in [0.29, 0.717) is 0 Å². The van der Waals surface area contributed by atoms with Crippen LogP contribution < -0.4 is 0 Å². The molecule has 1 unspecified atom stereocenters. The van der Waals surface area contributed by atoms with Gasteiger partial charge in [0, 0.05) is 18.0 Å². The van der Waals surface area contributed by atoms with Crippen molar-refractivity contribution in [1.82, 2.24) is 9.97 Å². The topological polar surface area (TPSA) is 66.2 Å². The van der Waals surface area contributed by atoms with Crippen molar-refractivity contribution in [2.75, 3.05) is 0 Å². The number of nitrogens with zero attached hydrogens (tertiary/aromatic N) is 2. The zero-order valence-corrected chi connectivity index (χ0v) is 12.1. The molecule has 0 saturated heterocycles. The second-order valence-corrected chi connectivity index (χ2v) is 5.08. The SMILES string of the molecule is CC(O)CCCC=Cc1ccc(-c2cnc(O)nc2)cc1. The Morgan fingerprint density at radius 1 is 1.10 bits per heavy atom. The summed E-state index contributed by atoms with van der Waals surface area (Å²) in [6.45, 7) is 1.81. The second kappa shape index (κ2) is 7.55. The first-order valence-corrected chi connectivity index (χ1v) is 7.11. The Kier molecular flexibility index (Phi) is 5.46. The van der Waals surface area contributed by atoms with Gasteiger partial charge < -0.3 is 10.2 Å². The largest absolute Gasteiger partial charge is 0.479 e. The van der Waals surface area contributed by atoms with Crippen LogP contribution >= 0.6 is 0 Å². The summed E-state index contributed by atoms with van der Waals surface area (Å²) in [5, 5.41) is 18.3. The van der Waals surface area contributed by atoms with E-state index in [9.17, 15) is 5.11 Å². The first-order valence-electron chi connectivity index (χ1n) is 7.11. The van der Waals surface area contributed by atoms with Gasteiger partial charge in [-0.2, -0.15) is 0 Å². The highest BCUT2D eigenvalue weighted by Gasteiger charge is 1.99. The zero-order chi connectivity index (χ0) is 15.1. The van der Waals surface area contributed by atoms with E-state index in [1.807, 2.05) is 31.2 Å². The maximum absolute atomic E-state index is 9.17. The van der Waals surface area contributed by atoms with Crippen molar-refractivity contribution in [2.45, 2.75) is 32.3 Å². The molecule has 2 aromatic rings. The van der Waals surface area contributed by atoms with Gasteiger partial charge in [0.2, 0.25) is 0 Å². The molecule has 110 valence electrons. The quantitative estimate of drug-likeness (QED) is 0.798. The number of hydrogen-bond donors (Lipinski definition) is 2. The Bertz CT molecular complexity index is 575. The molecular formula is C17H20N2O2. The third-order valence-corrected chi connectivity index (χ3v) is 3.19. The van der Waals surface area contributed by atoms with Gasteiger partial charge in [0.1, 0.15) is 0 Å². The summed E-state index contributed by atoms with van der Waals surface area (Å²) in [6, 6.07) is 7.87. The van der Waals surface area contributed by atoms with Gasteiger partial charge in [-0.1, -0.05) is 36.4 Å². The van der Waals surface area contributed by atoms with Gasteiger partial charge in [-0.3, -0.25) is 0 Å². The summed E-state index contributed by atoms with van der Waals surface area (Å²) in [5.41, 5.74) is 3.03. The lowest BCUT2D eigenvalue weighted by atomic mass is 10.1. The number of allylic oxidation sites excluding steroid dienone is 1. The van der Waals surface area contributed by atoms with Crippen LogP contribution in [0.3, 0.4) is 0 Å². The molecule has 1 heterocycles. The monoisotopic (exact) mass is 284 g/mol. The van der Waals surface area contributed by atoms with Crippen LogP contribution in [0.15, 0.2) is 42.7 Å². The van der Waals surface area contributed by atoms with Crippen LogP contribution in [-0.2, 0) is 0 Å². The van der Waals surface area contributed by atoms with Gasteiger partial charge in [-0.15, -0.1) is 0 Å². The molecule has 0 aliphatic heterocycles. The lowest BCUT2D eigenvalue weighted by Gasteiger charge is -2.02. The van der Waals surface area contributed by atoms with Crippen molar-refractivity contribution in [3.8, 4) is 17.1 Å². The third-order valence-electron chi connectivity index (χ3n) is 3.19. The molecule has 0 bridgehead atoms. The Morgan fingerprint density at radius 2 is 1.76 bits per heavy atom. The summed E-state index contributed by atoms with van der Waals surface area (Å²) in [7, 11) is 0. The summed E-state index contributed by atoms with van der Waals surface area (Å²) in [5.74, 6) is 0. The van der Waals surface area contributed by atoms with Crippen molar-refractivity contribution in [1.29, 1.82) is 0 Å². The maximum atomic E-state index is 9.17. The summed E-state index contributed by atoms with van der Waals surface area (Å²) < 4.78 is 0. The molecule has 0 amide bonds. The first-order chi connectivity index (χ1) is 10.1. The minimum atomic E-state index is -0.217. The molecule has 0 fully saturated rings. The first kappa shape index (κ1) is 15.2. The van der Waals surface area contributed by atoms with E-state index in [1.165, 1.54) is 0 Å². The minimum Gasteiger partial charge on any atom is -0.479 e. The van der Waals surface area contributed by atoms with E-state index in [0.717, 1.165) is 36.0 Å². The molecule has 2 N–H and O–H groups in total. The van der Waals surface area contributed by atoms with Crippen molar-refractivity contribution in [2.24, 2.45) is 0 Å². The smallest absolute Gasteiger partial charge is 0.313 e. The lowest BCUT2D eigenvalue weighted by Crippen LogP contribution is -1.97. The molecule has 4 heteroatoms. The average Bonchev–Trinajstić information content (AvgIpc) is 2.48. The number of rotatable bonds is 6. The van der Waals surface area contributed by atoms with Crippen LogP contribution in [0.25, 0.3) is 17.2 Å². The van der Waals surface area contributed by atoms with Crippen LogP contribution in [0.2, 0.25) is 0 Å². The number of benzene rings is 1. The third kappa shape index (κ3) is 5.00. The minimum absolute atomic E-state index is 0.212. The predicted molar refractivity (Wildman–Crippen MR) is 83.7 cm³/mol. The maximum Gasteiger partial charge on any atom is 0.313 e. The predicted octanol–water partition coefficient (Wildman–Crippen LogP) is 3.41. The van der Waals surface area contributed by atoms with Gasteiger partial charge in [0.05, 0.1) is 6.10 Å². The highest BCUT2D eigenvalue weighted by molar-refractivity contribution is 5.64. The Morgan fingerprint density at radius 3 is 2.38 bits per heavy atom. The van der Waals surface area contributed by atoms with Crippen molar-refractivity contribution in [3.63, 3.8) is 0 Å². The van der Waals surface area contributed by atoms with Crippen molar-refractivity contribution >= 4 is 6.08 Å². The average molecular weight is 284 g/mol. The summed E-state index contributed by atoms with van der Waals surface area (Å²) in [6.07, 6.45) is 10.00. The van der Waals surface area contributed by atoms with E-state index in [1.54, 1.807) is 12.4 Å². The zero-order valence-electron chi connectivity index (χ0n) is 12.1. The molecule has 1 aromatic heterocycles. The number of aliphatic hydroxyl groups is 1. The van der Waals surface area contributed by atoms with E-state index in [2.05, 4.69) is 22.1 Å². The van der Waals surface area contributed by atoms with Crippen molar-refractivity contribution < 1.29 is 10.2 Å². The fourth-order valence-electron chi connectivity index (χ4n) is 2.01. The van der Waals surface area contributed by atoms with E-state index >= 15 is 0 Å². The van der Waals surface area contributed by atoms with Crippen LogP contribution in [0, 0.1) is 0 Å². The van der Waals surface area contributed by atoms with Gasteiger partial charge >= 0.3 is 6.01 Å². The van der Waals surface area contributed by atoms with Gasteiger partial charge in [0.15, 0.2) is 0 Å². The molecule has 0 aliphatic rings. The number of unbranched alkanes of at least 4 members (excludes halogenated alkanes) is 1. The Labute approximate surface area is 124 Å². The molecule has 4 nitrogen and oxygen atoms in total.